The molecule has 3 aromatic carbocycles. The molecular weight excluding hydrogens is 508 g/mol. The Kier molecular flexibility index (Phi) is 6.35. The lowest BCUT2D eigenvalue weighted by Gasteiger charge is -2.10. The molecule has 1 amide bonds. The monoisotopic (exact) mass is 528 g/mol. The van der Waals surface area contributed by atoms with E-state index >= 15 is 0 Å². The molecule has 0 atom stereocenters. The number of oxazole rings is 1. The Morgan fingerprint density at radius 2 is 1.87 bits per heavy atom. The standard InChI is InChI=1S/C27H20N4O6S/c1-14-10-15(2)24-20(11-14)29-26(37-24)19-7-6-17(13-21(19)32)28-27(38)30-25(33)23-9-8-22(36-23)16-4-3-5-18(12-16)31(34)35/h3-13,32H,1-2H3,(H2,28,30,33,38). The van der Waals surface area contributed by atoms with Gasteiger partial charge in [-0.1, -0.05) is 18.2 Å². The second kappa shape index (κ2) is 9.79. The summed E-state index contributed by atoms with van der Waals surface area (Å²) < 4.78 is 11.4. The number of furan rings is 1. The second-order valence-corrected chi connectivity index (χ2v) is 8.97. The third kappa shape index (κ3) is 4.95. The van der Waals surface area contributed by atoms with E-state index in [-0.39, 0.29) is 28.2 Å². The summed E-state index contributed by atoms with van der Waals surface area (Å²) in [6, 6.07) is 17.5. The van der Waals surface area contributed by atoms with E-state index < -0.39 is 10.8 Å². The van der Waals surface area contributed by atoms with Crippen molar-refractivity contribution in [2.24, 2.45) is 0 Å². The number of nitro benzene ring substituents is 1. The van der Waals surface area contributed by atoms with Crippen LogP contribution < -0.4 is 10.6 Å². The van der Waals surface area contributed by atoms with Crippen LogP contribution in [-0.2, 0) is 0 Å². The Labute approximate surface area is 221 Å². The van der Waals surface area contributed by atoms with E-state index in [9.17, 15) is 20.0 Å². The number of carbonyl (C=O) groups excluding carboxylic acids is 1. The number of benzene rings is 3. The summed E-state index contributed by atoms with van der Waals surface area (Å²) in [5, 5.41) is 26.9. The maximum absolute atomic E-state index is 12.6. The largest absolute Gasteiger partial charge is 0.507 e. The van der Waals surface area contributed by atoms with Crippen molar-refractivity contribution in [1.29, 1.82) is 0 Å². The highest BCUT2D eigenvalue weighted by atomic mass is 32.1. The normalized spacial score (nSPS) is 10.9. The lowest BCUT2D eigenvalue weighted by molar-refractivity contribution is -0.384. The van der Waals surface area contributed by atoms with Crippen LogP contribution in [0.2, 0.25) is 0 Å². The molecule has 0 aliphatic rings. The van der Waals surface area contributed by atoms with Crippen molar-refractivity contribution in [2.75, 3.05) is 5.32 Å². The van der Waals surface area contributed by atoms with Gasteiger partial charge in [-0.3, -0.25) is 20.2 Å². The van der Waals surface area contributed by atoms with Crippen LogP contribution in [0.25, 0.3) is 33.9 Å². The number of rotatable bonds is 5. The molecule has 0 bridgehead atoms. The molecule has 5 aromatic rings. The summed E-state index contributed by atoms with van der Waals surface area (Å²) in [6.45, 7) is 3.91. The Balaban J connectivity index is 1.26. The number of non-ortho nitro benzene ring substituents is 1. The zero-order chi connectivity index (χ0) is 27.0. The van der Waals surface area contributed by atoms with Gasteiger partial charge in [-0.15, -0.1) is 0 Å². The first-order valence-corrected chi connectivity index (χ1v) is 11.8. The average Bonchev–Trinajstić information content (AvgIpc) is 3.52. The molecule has 0 saturated carbocycles. The van der Waals surface area contributed by atoms with E-state index in [2.05, 4.69) is 15.6 Å². The minimum absolute atomic E-state index is 0.0246. The predicted octanol–water partition coefficient (Wildman–Crippen LogP) is 6.11. The number of nitrogens with one attached hydrogen (secondary N) is 2. The zero-order valence-corrected chi connectivity index (χ0v) is 21.0. The fourth-order valence-electron chi connectivity index (χ4n) is 4.00. The SMILES string of the molecule is Cc1cc(C)c2oc(-c3ccc(NC(=S)NC(=O)c4ccc(-c5cccc([N+](=O)[O-])c5)o4)cc3O)nc2c1. The lowest BCUT2D eigenvalue weighted by atomic mass is 10.1. The van der Waals surface area contributed by atoms with Crippen LogP contribution in [0, 0.1) is 24.0 Å². The Morgan fingerprint density at radius 1 is 1.05 bits per heavy atom. The molecule has 5 rings (SSSR count). The van der Waals surface area contributed by atoms with E-state index in [0.717, 1.165) is 11.1 Å². The number of carbonyl (C=O) groups is 1. The van der Waals surface area contributed by atoms with Crippen molar-refractivity contribution in [3.63, 3.8) is 0 Å². The van der Waals surface area contributed by atoms with E-state index in [0.29, 0.717) is 33.7 Å². The van der Waals surface area contributed by atoms with Gasteiger partial charge in [0.25, 0.3) is 11.6 Å². The van der Waals surface area contributed by atoms with Crippen LogP contribution in [0.5, 0.6) is 5.75 Å². The first-order chi connectivity index (χ1) is 18.2. The molecule has 11 heteroatoms. The number of nitro groups is 1. The van der Waals surface area contributed by atoms with Gasteiger partial charge in [-0.2, -0.15) is 0 Å². The van der Waals surface area contributed by atoms with Gasteiger partial charge in [0, 0.05) is 29.4 Å². The van der Waals surface area contributed by atoms with E-state index in [1.54, 1.807) is 18.2 Å². The first kappa shape index (κ1) is 24.7. The molecule has 10 nitrogen and oxygen atoms in total. The number of anilines is 1. The minimum atomic E-state index is -0.614. The summed E-state index contributed by atoms with van der Waals surface area (Å²) >= 11 is 5.23. The molecule has 0 aliphatic heterocycles. The van der Waals surface area contributed by atoms with Crippen LogP contribution in [0.15, 0.2) is 75.6 Å². The number of fused-ring (bicyclic) bond motifs is 1. The smallest absolute Gasteiger partial charge is 0.293 e. The van der Waals surface area contributed by atoms with Crippen LogP contribution in [0.1, 0.15) is 21.7 Å². The highest BCUT2D eigenvalue weighted by Gasteiger charge is 2.17. The molecule has 2 heterocycles. The fraction of sp³-hybridized carbons (Fsp3) is 0.0741. The second-order valence-electron chi connectivity index (χ2n) is 8.56. The molecule has 0 unspecified atom stereocenters. The van der Waals surface area contributed by atoms with Crippen molar-refractivity contribution < 1.29 is 23.7 Å². The van der Waals surface area contributed by atoms with Crippen LogP contribution in [0.4, 0.5) is 11.4 Å². The first-order valence-electron chi connectivity index (χ1n) is 11.4. The summed E-state index contributed by atoms with van der Waals surface area (Å²) in [4.78, 5) is 27.6. The van der Waals surface area contributed by atoms with Gasteiger partial charge in [0.15, 0.2) is 16.5 Å². The van der Waals surface area contributed by atoms with Gasteiger partial charge in [0.2, 0.25) is 5.89 Å². The Morgan fingerprint density at radius 3 is 2.63 bits per heavy atom. The van der Waals surface area contributed by atoms with Gasteiger partial charge < -0.3 is 19.3 Å². The third-order valence-electron chi connectivity index (χ3n) is 5.70. The highest BCUT2D eigenvalue weighted by molar-refractivity contribution is 7.80. The molecular formula is C27H20N4O6S. The fourth-order valence-corrected chi connectivity index (χ4v) is 4.21. The van der Waals surface area contributed by atoms with Gasteiger partial charge >= 0.3 is 0 Å². The maximum Gasteiger partial charge on any atom is 0.293 e. The van der Waals surface area contributed by atoms with E-state index in [1.807, 2.05) is 26.0 Å². The van der Waals surface area contributed by atoms with Gasteiger partial charge in [-0.25, -0.2) is 4.98 Å². The van der Waals surface area contributed by atoms with Crippen molar-refractivity contribution in [1.82, 2.24) is 10.3 Å². The zero-order valence-electron chi connectivity index (χ0n) is 20.1. The van der Waals surface area contributed by atoms with E-state index in [1.165, 1.54) is 36.4 Å². The number of nitrogens with zero attached hydrogens (tertiary/aromatic N) is 2. The summed E-state index contributed by atoms with van der Waals surface area (Å²) in [7, 11) is 0. The minimum Gasteiger partial charge on any atom is -0.507 e. The maximum atomic E-state index is 12.6. The third-order valence-corrected chi connectivity index (χ3v) is 5.91. The molecule has 0 aliphatic carbocycles. The van der Waals surface area contributed by atoms with Crippen LogP contribution in [-0.4, -0.2) is 26.0 Å². The molecule has 38 heavy (non-hydrogen) atoms. The number of amides is 1. The van der Waals surface area contributed by atoms with Crippen molar-refractivity contribution >= 4 is 45.7 Å². The Hall–Kier alpha value is -5.03. The van der Waals surface area contributed by atoms with Gasteiger partial charge in [0.05, 0.1) is 10.5 Å². The number of thiocarbonyl (C=S) groups is 1. The van der Waals surface area contributed by atoms with Crippen molar-refractivity contribution in [3.05, 3.63) is 93.7 Å². The number of phenols is 1. The topological polar surface area (TPSA) is 144 Å². The van der Waals surface area contributed by atoms with Crippen molar-refractivity contribution in [3.8, 4) is 28.5 Å². The summed E-state index contributed by atoms with van der Waals surface area (Å²) in [5.74, 6) is -0.154. The number of hydrogen-bond acceptors (Lipinski definition) is 8. The molecule has 3 N–H and O–H groups in total. The Bertz CT molecular complexity index is 1740. The number of hydrogen-bond donors (Lipinski definition) is 3. The number of phenolic OH excluding ortho intramolecular Hbond substituents is 1. The summed E-state index contributed by atoms with van der Waals surface area (Å²) in [6.07, 6.45) is 0. The van der Waals surface area contributed by atoms with Crippen LogP contribution in [0.3, 0.4) is 0 Å². The molecule has 190 valence electrons. The molecule has 2 aromatic heterocycles. The molecule has 0 fully saturated rings. The molecule has 0 spiro atoms. The number of aromatic hydroxyl groups is 1. The molecule has 0 saturated heterocycles. The van der Waals surface area contributed by atoms with Crippen LogP contribution >= 0.6 is 12.2 Å². The summed E-state index contributed by atoms with van der Waals surface area (Å²) in [5.41, 5.74) is 4.57. The van der Waals surface area contributed by atoms with Crippen molar-refractivity contribution in [2.45, 2.75) is 13.8 Å². The predicted molar refractivity (Wildman–Crippen MR) is 145 cm³/mol. The van der Waals surface area contributed by atoms with Gasteiger partial charge in [0.1, 0.15) is 17.0 Å². The highest BCUT2D eigenvalue weighted by Crippen LogP contribution is 2.34. The number of aromatic nitrogens is 1. The number of aryl methyl sites for hydroxylation is 2. The lowest BCUT2D eigenvalue weighted by Crippen LogP contribution is -2.33. The average molecular weight is 529 g/mol. The van der Waals surface area contributed by atoms with Gasteiger partial charge in [-0.05, 0) is 67.5 Å². The quantitative estimate of drug-likeness (QED) is 0.140. The molecule has 0 radical (unpaired) electrons. The van der Waals surface area contributed by atoms with E-state index in [4.69, 9.17) is 21.1 Å².